The second-order valence-electron chi connectivity index (χ2n) is 4.87. The summed E-state index contributed by atoms with van der Waals surface area (Å²) in [5.74, 6) is -0.640. The van der Waals surface area contributed by atoms with Crippen molar-refractivity contribution in [3.8, 4) is 0 Å². The lowest BCUT2D eigenvalue weighted by Crippen LogP contribution is -2.71. The first-order chi connectivity index (χ1) is 9.60. The number of fused-ring (bicyclic) bond motifs is 4. The van der Waals surface area contributed by atoms with Crippen LogP contribution in [0.15, 0.2) is 48.7 Å². The molecule has 0 radical (unpaired) electrons. The summed E-state index contributed by atoms with van der Waals surface area (Å²) in [6.45, 7) is -4.15. The lowest BCUT2D eigenvalue weighted by Gasteiger charge is -2.34. The minimum absolute atomic E-state index is 0.279. The summed E-state index contributed by atoms with van der Waals surface area (Å²) in [4.78, 5) is 12.9. The molecule has 1 aromatic carbocycles. The highest BCUT2D eigenvalue weighted by molar-refractivity contribution is 6.61. The van der Waals surface area contributed by atoms with Gasteiger partial charge >= 0.3 is 6.97 Å². The van der Waals surface area contributed by atoms with E-state index in [1.54, 1.807) is 42.5 Å². The highest BCUT2D eigenvalue weighted by atomic mass is 19.2. The van der Waals surface area contributed by atoms with Crippen LogP contribution >= 0.6 is 0 Å². The molecule has 6 heteroatoms. The fourth-order valence-corrected chi connectivity index (χ4v) is 2.86. The maximum Gasteiger partial charge on any atom is 0.739 e. The summed E-state index contributed by atoms with van der Waals surface area (Å²) >= 11 is 0. The molecule has 20 heavy (non-hydrogen) atoms. The maximum absolute atomic E-state index is 14.7. The molecule has 0 atom stereocenters. The number of hydrogen-bond acceptors (Lipinski definition) is 1. The van der Waals surface area contributed by atoms with Crippen LogP contribution in [0.1, 0.15) is 21.6 Å². The van der Waals surface area contributed by atoms with E-state index in [-0.39, 0.29) is 5.70 Å². The molecule has 4 rings (SSSR count). The van der Waals surface area contributed by atoms with Crippen molar-refractivity contribution in [1.29, 1.82) is 0 Å². The van der Waals surface area contributed by atoms with Crippen molar-refractivity contribution in [3.63, 3.8) is 0 Å². The molecule has 0 unspecified atom stereocenters. The van der Waals surface area contributed by atoms with Crippen LogP contribution in [0.5, 0.6) is 0 Å². The molecule has 98 valence electrons. The Morgan fingerprint density at radius 2 is 1.70 bits per heavy atom. The van der Waals surface area contributed by atoms with E-state index in [1.165, 1.54) is 12.3 Å². The van der Waals surface area contributed by atoms with E-state index in [4.69, 9.17) is 0 Å². The Balaban J connectivity index is 2.05. The SMILES string of the molecule is O=C1c2ccccc2C2=Cc3cccc[n+]3[B-](F)(F)N12. The number of aromatic nitrogens is 1. The summed E-state index contributed by atoms with van der Waals surface area (Å²) < 4.78 is 30.2. The zero-order chi connectivity index (χ0) is 13.9. The van der Waals surface area contributed by atoms with Crippen LogP contribution in [0.2, 0.25) is 0 Å². The molecular formula is C14H9BF2N2O. The molecule has 1 amide bonds. The van der Waals surface area contributed by atoms with Crippen LogP contribution in [0, 0.1) is 0 Å². The molecule has 0 aliphatic carbocycles. The molecule has 0 bridgehead atoms. The highest BCUT2D eigenvalue weighted by Gasteiger charge is 2.57. The predicted octanol–water partition coefficient (Wildman–Crippen LogP) is 2.16. The zero-order valence-electron chi connectivity index (χ0n) is 10.3. The number of amides is 1. The highest BCUT2D eigenvalue weighted by Crippen LogP contribution is 2.39. The Labute approximate surface area is 113 Å². The summed E-state index contributed by atoms with van der Waals surface area (Å²) in [6.07, 6.45) is 2.93. The van der Waals surface area contributed by atoms with Crippen LogP contribution in [0.25, 0.3) is 11.8 Å². The van der Waals surface area contributed by atoms with Gasteiger partial charge in [0.1, 0.15) is 6.20 Å². The van der Waals surface area contributed by atoms with Crippen molar-refractivity contribution in [2.45, 2.75) is 0 Å². The van der Waals surface area contributed by atoms with Gasteiger partial charge in [-0.3, -0.25) is 4.79 Å². The van der Waals surface area contributed by atoms with Gasteiger partial charge in [-0.1, -0.05) is 24.3 Å². The molecule has 0 N–H and O–H groups in total. The van der Waals surface area contributed by atoms with Gasteiger partial charge in [0.15, 0.2) is 5.69 Å². The van der Waals surface area contributed by atoms with E-state index in [2.05, 4.69) is 0 Å². The lowest BCUT2D eigenvalue weighted by molar-refractivity contribution is -0.575. The third kappa shape index (κ3) is 1.23. The van der Waals surface area contributed by atoms with Crippen LogP contribution < -0.4 is 4.48 Å². The van der Waals surface area contributed by atoms with Crippen LogP contribution in [0.3, 0.4) is 0 Å². The third-order valence-electron chi connectivity index (χ3n) is 3.76. The molecule has 0 saturated carbocycles. The van der Waals surface area contributed by atoms with Gasteiger partial charge in [0, 0.05) is 29.0 Å². The Kier molecular flexibility index (Phi) is 2.00. The smallest absolute Gasteiger partial charge is 0.389 e. The summed E-state index contributed by atoms with van der Waals surface area (Å²) in [5, 5.41) is 0. The molecule has 1 aromatic heterocycles. The Bertz CT molecular complexity index is 788. The van der Waals surface area contributed by atoms with E-state index >= 15 is 0 Å². The minimum Gasteiger partial charge on any atom is -0.389 e. The summed E-state index contributed by atoms with van der Waals surface area (Å²) in [5.41, 5.74) is 1.57. The largest absolute Gasteiger partial charge is 0.739 e. The number of halogens is 2. The molecular weight excluding hydrogens is 261 g/mol. The van der Waals surface area contributed by atoms with Gasteiger partial charge in [0.2, 0.25) is 5.91 Å². The average molecular weight is 270 g/mol. The van der Waals surface area contributed by atoms with Gasteiger partial charge in [-0.05, 0) is 12.1 Å². The third-order valence-corrected chi connectivity index (χ3v) is 3.76. The Hall–Kier alpha value is -2.50. The van der Waals surface area contributed by atoms with Gasteiger partial charge in [-0.25, -0.2) is 0 Å². The van der Waals surface area contributed by atoms with Crippen LogP contribution in [0.4, 0.5) is 8.63 Å². The molecule has 2 aromatic rings. The molecule has 3 heterocycles. The Morgan fingerprint density at radius 3 is 2.50 bits per heavy atom. The van der Waals surface area contributed by atoms with E-state index in [0.717, 1.165) is 4.48 Å². The van der Waals surface area contributed by atoms with Crippen molar-refractivity contribution in [3.05, 3.63) is 65.5 Å². The number of carbonyl (C=O) groups is 1. The molecule has 0 fully saturated rings. The number of hydrogen-bond donors (Lipinski definition) is 0. The second kappa shape index (κ2) is 3.53. The molecule has 0 saturated heterocycles. The fourth-order valence-electron chi connectivity index (χ4n) is 2.86. The van der Waals surface area contributed by atoms with Crippen molar-refractivity contribution < 1.29 is 17.9 Å². The minimum atomic E-state index is -4.15. The van der Waals surface area contributed by atoms with E-state index in [9.17, 15) is 13.4 Å². The Morgan fingerprint density at radius 1 is 1.00 bits per heavy atom. The fraction of sp³-hybridized carbons (Fsp3) is 0. The number of rotatable bonds is 0. The van der Waals surface area contributed by atoms with Crippen molar-refractivity contribution in [2.75, 3.05) is 0 Å². The quantitative estimate of drug-likeness (QED) is 0.673. The monoisotopic (exact) mass is 270 g/mol. The first kappa shape index (κ1) is 11.3. The van der Waals surface area contributed by atoms with Crippen molar-refractivity contribution >= 4 is 24.7 Å². The topological polar surface area (TPSA) is 24.2 Å². The van der Waals surface area contributed by atoms with E-state index in [0.29, 0.717) is 21.6 Å². The van der Waals surface area contributed by atoms with Crippen molar-refractivity contribution in [2.24, 2.45) is 0 Å². The second-order valence-corrected chi connectivity index (χ2v) is 4.87. The normalized spacial score (nSPS) is 18.2. The standard InChI is InChI=1S/C14H9BF2N2O/c16-15(17)18-8-4-3-5-10(18)9-13-11-6-1-2-7-12(11)14(20)19(13)15/h1-9H. The van der Waals surface area contributed by atoms with Crippen molar-refractivity contribution in [1.82, 2.24) is 4.81 Å². The molecule has 0 spiro atoms. The van der Waals surface area contributed by atoms with Gasteiger partial charge in [-0.15, -0.1) is 0 Å². The number of nitrogens with zero attached hydrogens (tertiary/aromatic N) is 2. The average Bonchev–Trinajstić information content (AvgIpc) is 2.74. The molecule has 2 aliphatic rings. The van der Waals surface area contributed by atoms with E-state index in [1.807, 2.05) is 0 Å². The van der Waals surface area contributed by atoms with E-state index < -0.39 is 12.9 Å². The number of carbonyl (C=O) groups excluding carboxylic acids is 1. The van der Waals surface area contributed by atoms with Crippen LogP contribution in [-0.2, 0) is 0 Å². The summed E-state index contributed by atoms with van der Waals surface area (Å²) in [7, 11) is 0. The zero-order valence-corrected chi connectivity index (χ0v) is 10.3. The summed E-state index contributed by atoms with van der Waals surface area (Å²) in [6, 6.07) is 11.6. The maximum atomic E-state index is 14.7. The number of benzene rings is 1. The van der Waals surface area contributed by atoms with Crippen LogP contribution in [-0.4, -0.2) is 17.7 Å². The van der Waals surface area contributed by atoms with Gasteiger partial charge in [0.05, 0.1) is 0 Å². The predicted molar refractivity (Wildman–Crippen MR) is 70.5 cm³/mol. The van der Waals surface area contributed by atoms with Gasteiger partial charge in [0.25, 0.3) is 0 Å². The molecule has 3 nitrogen and oxygen atoms in total. The van der Waals surface area contributed by atoms with Gasteiger partial charge < -0.3 is 17.9 Å². The first-order valence-electron chi connectivity index (χ1n) is 6.28. The number of pyridine rings is 1. The van der Waals surface area contributed by atoms with Gasteiger partial charge in [-0.2, -0.15) is 0 Å². The molecule has 2 aliphatic heterocycles. The first-order valence-corrected chi connectivity index (χ1v) is 6.28. The lowest BCUT2D eigenvalue weighted by atomic mass is 9.88.